The first-order valence-corrected chi connectivity index (χ1v) is 6.50. The maximum atomic E-state index is 11.8. The third kappa shape index (κ3) is 3.39. The quantitative estimate of drug-likeness (QED) is 0.862. The average Bonchev–Trinajstić information content (AvgIpc) is 2.82. The third-order valence-electron chi connectivity index (χ3n) is 3.33. The van der Waals surface area contributed by atoms with Gasteiger partial charge in [-0.25, -0.2) is 4.79 Å². The fourth-order valence-electron chi connectivity index (χ4n) is 2.27. The molecule has 2 N–H and O–H groups in total. The minimum Gasteiger partial charge on any atom is -0.378 e. The van der Waals surface area contributed by atoms with Crippen molar-refractivity contribution in [1.82, 2.24) is 5.32 Å². The average molecular weight is 247 g/mol. The molecule has 1 aromatic rings. The molecular weight excluding hydrogens is 226 g/mol. The molecule has 2 rings (SSSR count). The maximum absolute atomic E-state index is 11.8. The SMILES string of the molecule is CN(C)c1ccc(NC(=O)NC2CCCC2)cc1. The fourth-order valence-corrected chi connectivity index (χ4v) is 2.27. The van der Waals surface area contributed by atoms with Crippen molar-refractivity contribution in [1.29, 1.82) is 0 Å². The molecular formula is C14H21N3O. The van der Waals surface area contributed by atoms with E-state index in [1.807, 2.05) is 43.3 Å². The number of rotatable bonds is 3. The smallest absolute Gasteiger partial charge is 0.319 e. The summed E-state index contributed by atoms with van der Waals surface area (Å²) < 4.78 is 0. The lowest BCUT2D eigenvalue weighted by molar-refractivity contribution is 0.248. The van der Waals surface area contributed by atoms with Crippen LogP contribution in [-0.2, 0) is 0 Å². The van der Waals surface area contributed by atoms with Crippen molar-refractivity contribution in [3.05, 3.63) is 24.3 Å². The highest BCUT2D eigenvalue weighted by molar-refractivity contribution is 5.89. The molecule has 0 saturated heterocycles. The summed E-state index contributed by atoms with van der Waals surface area (Å²) >= 11 is 0. The van der Waals surface area contributed by atoms with Gasteiger partial charge in [-0.05, 0) is 37.1 Å². The molecule has 4 heteroatoms. The number of nitrogens with one attached hydrogen (secondary N) is 2. The molecule has 1 aliphatic rings. The molecule has 0 spiro atoms. The molecule has 1 fully saturated rings. The summed E-state index contributed by atoms with van der Waals surface area (Å²) in [6, 6.07) is 8.08. The van der Waals surface area contributed by atoms with E-state index in [0.717, 1.165) is 24.2 Å². The topological polar surface area (TPSA) is 44.4 Å². The molecule has 18 heavy (non-hydrogen) atoms. The van der Waals surface area contributed by atoms with Crippen LogP contribution >= 0.6 is 0 Å². The van der Waals surface area contributed by atoms with Crippen LogP contribution in [-0.4, -0.2) is 26.2 Å². The first-order chi connectivity index (χ1) is 8.65. The molecule has 4 nitrogen and oxygen atoms in total. The second kappa shape index (κ2) is 5.76. The Morgan fingerprint density at radius 2 is 1.78 bits per heavy atom. The van der Waals surface area contributed by atoms with Crippen LogP contribution in [0.5, 0.6) is 0 Å². The largest absolute Gasteiger partial charge is 0.378 e. The predicted octanol–water partition coefficient (Wildman–Crippen LogP) is 2.82. The lowest BCUT2D eigenvalue weighted by Crippen LogP contribution is -2.36. The Labute approximate surface area is 108 Å². The Hall–Kier alpha value is -1.71. The van der Waals surface area contributed by atoms with Gasteiger partial charge in [0.15, 0.2) is 0 Å². The second-order valence-electron chi connectivity index (χ2n) is 5.02. The highest BCUT2D eigenvalue weighted by Crippen LogP contribution is 2.18. The Bertz CT molecular complexity index is 394. The van der Waals surface area contributed by atoms with Gasteiger partial charge in [-0.15, -0.1) is 0 Å². The zero-order valence-corrected chi connectivity index (χ0v) is 11.1. The van der Waals surface area contributed by atoms with E-state index >= 15 is 0 Å². The van der Waals surface area contributed by atoms with Crippen LogP contribution in [0, 0.1) is 0 Å². The van der Waals surface area contributed by atoms with Crippen LogP contribution in [0.3, 0.4) is 0 Å². The Morgan fingerprint density at radius 3 is 2.33 bits per heavy atom. The summed E-state index contributed by atoms with van der Waals surface area (Å²) in [5.41, 5.74) is 1.95. The van der Waals surface area contributed by atoms with Crippen molar-refractivity contribution in [2.24, 2.45) is 0 Å². The van der Waals surface area contributed by atoms with Gasteiger partial charge >= 0.3 is 6.03 Å². The fraction of sp³-hybridized carbons (Fsp3) is 0.500. The van der Waals surface area contributed by atoms with E-state index in [2.05, 4.69) is 10.6 Å². The number of hydrogen-bond acceptors (Lipinski definition) is 2. The first-order valence-electron chi connectivity index (χ1n) is 6.50. The molecule has 0 radical (unpaired) electrons. The van der Waals surface area contributed by atoms with E-state index in [-0.39, 0.29) is 6.03 Å². The van der Waals surface area contributed by atoms with Gasteiger partial charge in [0.25, 0.3) is 0 Å². The Morgan fingerprint density at radius 1 is 1.17 bits per heavy atom. The van der Waals surface area contributed by atoms with Crippen molar-refractivity contribution < 1.29 is 4.79 Å². The van der Waals surface area contributed by atoms with Crippen LogP contribution in [0.1, 0.15) is 25.7 Å². The number of carbonyl (C=O) groups is 1. The molecule has 0 heterocycles. The molecule has 0 unspecified atom stereocenters. The summed E-state index contributed by atoms with van der Waals surface area (Å²) in [6.45, 7) is 0. The van der Waals surface area contributed by atoms with E-state index in [1.54, 1.807) is 0 Å². The summed E-state index contributed by atoms with van der Waals surface area (Å²) in [6.07, 6.45) is 4.66. The van der Waals surface area contributed by atoms with Gasteiger partial charge in [-0.3, -0.25) is 0 Å². The molecule has 1 saturated carbocycles. The number of urea groups is 1. The molecule has 0 aliphatic heterocycles. The molecule has 1 aliphatic carbocycles. The van der Waals surface area contributed by atoms with Crippen LogP contribution in [0.4, 0.5) is 16.2 Å². The zero-order valence-electron chi connectivity index (χ0n) is 11.1. The van der Waals surface area contributed by atoms with Crippen LogP contribution in [0.2, 0.25) is 0 Å². The summed E-state index contributed by atoms with van der Waals surface area (Å²) in [5, 5.41) is 5.87. The van der Waals surface area contributed by atoms with Gasteiger partial charge in [0.2, 0.25) is 0 Å². The number of amides is 2. The maximum Gasteiger partial charge on any atom is 0.319 e. The highest BCUT2D eigenvalue weighted by atomic mass is 16.2. The first kappa shape index (κ1) is 12.7. The molecule has 0 atom stereocenters. The van der Waals surface area contributed by atoms with E-state index < -0.39 is 0 Å². The number of hydrogen-bond donors (Lipinski definition) is 2. The Balaban J connectivity index is 1.86. The van der Waals surface area contributed by atoms with Gasteiger partial charge < -0.3 is 15.5 Å². The van der Waals surface area contributed by atoms with Crippen LogP contribution < -0.4 is 15.5 Å². The monoisotopic (exact) mass is 247 g/mol. The normalized spacial score (nSPS) is 15.4. The molecule has 0 bridgehead atoms. The van der Waals surface area contributed by atoms with Crippen molar-refractivity contribution >= 4 is 17.4 Å². The van der Waals surface area contributed by atoms with Gasteiger partial charge in [-0.2, -0.15) is 0 Å². The minimum absolute atomic E-state index is 0.0977. The van der Waals surface area contributed by atoms with Crippen LogP contribution in [0.15, 0.2) is 24.3 Å². The second-order valence-corrected chi connectivity index (χ2v) is 5.02. The van der Waals surface area contributed by atoms with Crippen LogP contribution in [0.25, 0.3) is 0 Å². The van der Waals surface area contributed by atoms with Crippen molar-refractivity contribution in [3.8, 4) is 0 Å². The van der Waals surface area contributed by atoms with Gasteiger partial charge in [0.1, 0.15) is 0 Å². The minimum atomic E-state index is -0.0977. The molecule has 2 amide bonds. The molecule has 1 aromatic carbocycles. The standard InChI is InChI=1S/C14H21N3O/c1-17(2)13-9-7-12(8-10-13)16-14(18)15-11-5-3-4-6-11/h7-11H,3-6H2,1-2H3,(H2,15,16,18). The number of carbonyl (C=O) groups excluding carboxylic acids is 1. The lowest BCUT2D eigenvalue weighted by atomic mass is 10.2. The van der Waals surface area contributed by atoms with E-state index in [0.29, 0.717) is 6.04 Å². The summed E-state index contributed by atoms with van der Waals surface area (Å²) in [7, 11) is 3.99. The highest BCUT2D eigenvalue weighted by Gasteiger charge is 2.16. The lowest BCUT2D eigenvalue weighted by Gasteiger charge is -2.15. The third-order valence-corrected chi connectivity index (χ3v) is 3.33. The summed E-state index contributed by atoms with van der Waals surface area (Å²) in [4.78, 5) is 13.8. The van der Waals surface area contributed by atoms with Crippen molar-refractivity contribution in [3.63, 3.8) is 0 Å². The number of nitrogens with zero attached hydrogens (tertiary/aromatic N) is 1. The van der Waals surface area contributed by atoms with Gasteiger partial charge in [-0.1, -0.05) is 12.8 Å². The Kier molecular flexibility index (Phi) is 4.07. The molecule has 0 aromatic heterocycles. The zero-order chi connectivity index (χ0) is 13.0. The van der Waals surface area contributed by atoms with Crippen molar-refractivity contribution in [2.75, 3.05) is 24.3 Å². The van der Waals surface area contributed by atoms with E-state index in [4.69, 9.17) is 0 Å². The van der Waals surface area contributed by atoms with Gasteiger partial charge in [0.05, 0.1) is 0 Å². The van der Waals surface area contributed by atoms with E-state index in [1.165, 1.54) is 12.8 Å². The van der Waals surface area contributed by atoms with E-state index in [9.17, 15) is 4.79 Å². The number of anilines is 2. The van der Waals surface area contributed by atoms with Crippen molar-refractivity contribution in [2.45, 2.75) is 31.7 Å². The summed E-state index contributed by atoms with van der Waals surface area (Å²) in [5.74, 6) is 0. The van der Waals surface area contributed by atoms with Gasteiger partial charge in [0, 0.05) is 31.5 Å². The number of benzene rings is 1. The molecule has 98 valence electrons. The predicted molar refractivity (Wildman–Crippen MR) is 75.2 cm³/mol.